The summed E-state index contributed by atoms with van der Waals surface area (Å²) in [5, 5.41) is 12.1. The first kappa shape index (κ1) is 13.4. The summed E-state index contributed by atoms with van der Waals surface area (Å²) < 4.78 is 0. The minimum atomic E-state index is -0.319. The van der Waals surface area contributed by atoms with E-state index < -0.39 is 0 Å². The standard InChI is InChI=1S/C14H13ClN2O2/c1-8-7-9(2)16-13(15)12(8)14(19)17-10-3-5-11(18)6-4-10/h3-7,18H,1-2H3,(H,17,19). The maximum atomic E-state index is 12.2. The van der Waals surface area contributed by atoms with Gasteiger partial charge in [-0.1, -0.05) is 11.6 Å². The Morgan fingerprint density at radius 1 is 1.26 bits per heavy atom. The van der Waals surface area contributed by atoms with Crippen LogP contribution >= 0.6 is 11.6 Å². The van der Waals surface area contributed by atoms with E-state index in [1.54, 1.807) is 18.2 Å². The van der Waals surface area contributed by atoms with E-state index in [0.29, 0.717) is 11.3 Å². The lowest BCUT2D eigenvalue weighted by molar-refractivity contribution is 0.102. The van der Waals surface area contributed by atoms with Crippen LogP contribution in [0.2, 0.25) is 5.15 Å². The van der Waals surface area contributed by atoms with Gasteiger partial charge in [0.15, 0.2) is 0 Å². The van der Waals surface area contributed by atoms with Crippen LogP contribution in [0.4, 0.5) is 5.69 Å². The molecule has 0 saturated carbocycles. The summed E-state index contributed by atoms with van der Waals surface area (Å²) in [7, 11) is 0. The fourth-order valence-corrected chi connectivity index (χ4v) is 2.17. The lowest BCUT2D eigenvalue weighted by Gasteiger charge is -2.10. The number of carbonyl (C=O) groups is 1. The second-order valence-electron chi connectivity index (χ2n) is 4.25. The zero-order valence-electron chi connectivity index (χ0n) is 10.6. The molecule has 2 aromatic rings. The quantitative estimate of drug-likeness (QED) is 0.653. The number of halogens is 1. The van der Waals surface area contributed by atoms with Gasteiger partial charge in [-0.3, -0.25) is 4.79 Å². The molecule has 19 heavy (non-hydrogen) atoms. The van der Waals surface area contributed by atoms with Gasteiger partial charge >= 0.3 is 0 Å². The lowest BCUT2D eigenvalue weighted by atomic mass is 10.1. The van der Waals surface area contributed by atoms with Crippen molar-refractivity contribution in [1.82, 2.24) is 4.98 Å². The van der Waals surface area contributed by atoms with E-state index >= 15 is 0 Å². The average molecular weight is 277 g/mol. The maximum absolute atomic E-state index is 12.2. The number of phenolic OH excluding ortho intramolecular Hbond substituents is 1. The molecule has 4 nitrogen and oxygen atoms in total. The molecule has 1 aromatic carbocycles. The highest BCUT2D eigenvalue weighted by atomic mass is 35.5. The summed E-state index contributed by atoms with van der Waals surface area (Å²) in [6.45, 7) is 3.63. The molecule has 0 aliphatic carbocycles. The monoisotopic (exact) mass is 276 g/mol. The van der Waals surface area contributed by atoms with E-state index in [-0.39, 0.29) is 16.8 Å². The third-order valence-electron chi connectivity index (χ3n) is 2.65. The predicted molar refractivity (Wildman–Crippen MR) is 74.8 cm³/mol. The number of aryl methyl sites for hydroxylation is 2. The molecule has 0 radical (unpaired) electrons. The first-order valence-electron chi connectivity index (χ1n) is 5.71. The fourth-order valence-electron chi connectivity index (χ4n) is 1.80. The first-order valence-corrected chi connectivity index (χ1v) is 6.09. The Labute approximate surface area is 116 Å². The topological polar surface area (TPSA) is 62.2 Å². The van der Waals surface area contributed by atoms with Crippen LogP contribution in [0, 0.1) is 13.8 Å². The van der Waals surface area contributed by atoms with Crippen molar-refractivity contribution >= 4 is 23.2 Å². The molecule has 0 atom stereocenters. The Morgan fingerprint density at radius 2 is 1.89 bits per heavy atom. The molecule has 98 valence electrons. The van der Waals surface area contributed by atoms with Gasteiger partial charge in [0, 0.05) is 11.4 Å². The molecule has 0 bridgehead atoms. The van der Waals surface area contributed by atoms with Crippen molar-refractivity contribution in [2.75, 3.05) is 5.32 Å². The van der Waals surface area contributed by atoms with Crippen LogP contribution in [0.5, 0.6) is 5.75 Å². The van der Waals surface area contributed by atoms with E-state index in [1.165, 1.54) is 12.1 Å². The van der Waals surface area contributed by atoms with Gasteiger partial charge in [0.05, 0.1) is 5.56 Å². The van der Waals surface area contributed by atoms with Gasteiger partial charge in [-0.05, 0) is 49.7 Å². The number of aromatic nitrogens is 1. The van der Waals surface area contributed by atoms with Crippen LogP contribution in [0.25, 0.3) is 0 Å². The molecule has 0 spiro atoms. The van der Waals surface area contributed by atoms with Gasteiger partial charge in [-0.2, -0.15) is 0 Å². The molecule has 0 aliphatic heterocycles. The normalized spacial score (nSPS) is 10.3. The Hall–Kier alpha value is -2.07. The number of phenols is 1. The smallest absolute Gasteiger partial charge is 0.259 e. The summed E-state index contributed by atoms with van der Waals surface area (Å²) in [6, 6.07) is 8.02. The molecule has 0 aliphatic rings. The number of carbonyl (C=O) groups excluding carboxylic acids is 1. The number of anilines is 1. The second-order valence-corrected chi connectivity index (χ2v) is 4.61. The zero-order valence-corrected chi connectivity index (χ0v) is 11.3. The summed E-state index contributed by atoms with van der Waals surface area (Å²) >= 11 is 6.01. The Kier molecular flexibility index (Phi) is 3.71. The van der Waals surface area contributed by atoms with Gasteiger partial charge in [0.2, 0.25) is 0 Å². The number of pyridine rings is 1. The van der Waals surface area contributed by atoms with Crippen LogP contribution in [0.1, 0.15) is 21.6 Å². The molecule has 2 N–H and O–H groups in total. The number of amides is 1. The van der Waals surface area contributed by atoms with Crippen molar-refractivity contribution < 1.29 is 9.90 Å². The number of hydrogen-bond acceptors (Lipinski definition) is 3. The van der Waals surface area contributed by atoms with Crippen LogP contribution in [0.15, 0.2) is 30.3 Å². The highest BCUT2D eigenvalue weighted by molar-refractivity contribution is 6.33. The molecule has 1 heterocycles. The van der Waals surface area contributed by atoms with Gasteiger partial charge in [0.25, 0.3) is 5.91 Å². The van der Waals surface area contributed by atoms with Crippen LogP contribution in [0.3, 0.4) is 0 Å². The SMILES string of the molecule is Cc1cc(C)c(C(=O)Nc2ccc(O)cc2)c(Cl)n1. The molecular weight excluding hydrogens is 264 g/mol. The average Bonchev–Trinajstić information content (AvgIpc) is 2.30. The van der Waals surface area contributed by atoms with Gasteiger partial charge in [-0.15, -0.1) is 0 Å². The molecule has 1 amide bonds. The molecule has 0 unspecified atom stereocenters. The van der Waals surface area contributed by atoms with Crippen molar-refractivity contribution in [2.45, 2.75) is 13.8 Å². The number of benzene rings is 1. The van der Waals surface area contributed by atoms with E-state index in [4.69, 9.17) is 11.6 Å². The van der Waals surface area contributed by atoms with Crippen LogP contribution in [-0.4, -0.2) is 16.0 Å². The molecule has 0 saturated heterocycles. The Bertz CT molecular complexity index is 601. The van der Waals surface area contributed by atoms with E-state index in [9.17, 15) is 9.90 Å². The molecule has 1 aromatic heterocycles. The van der Waals surface area contributed by atoms with Crippen molar-refractivity contribution in [2.24, 2.45) is 0 Å². The van der Waals surface area contributed by atoms with Crippen molar-refractivity contribution in [1.29, 1.82) is 0 Å². The van der Waals surface area contributed by atoms with E-state index in [1.807, 2.05) is 13.8 Å². The lowest BCUT2D eigenvalue weighted by Crippen LogP contribution is -2.15. The van der Waals surface area contributed by atoms with Crippen LogP contribution in [-0.2, 0) is 0 Å². The van der Waals surface area contributed by atoms with Crippen molar-refractivity contribution in [3.63, 3.8) is 0 Å². The maximum Gasteiger partial charge on any atom is 0.259 e. The highest BCUT2D eigenvalue weighted by Gasteiger charge is 2.15. The number of nitrogens with one attached hydrogen (secondary N) is 1. The molecule has 5 heteroatoms. The molecule has 0 fully saturated rings. The highest BCUT2D eigenvalue weighted by Crippen LogP contribution is 2.21. The largest absolute Gasteiger partial charge is 0.508 e. The minimum absolute atomic E-state index is 0.143. The summed E-state index contributed by atoms with van der Waals surface area (Å²) in [5.41, 5.74) is 2.48. The Balaban J connectivity index is 2.28. The number of rotatable bonds is 2. The third kappa shape index (κ3) is 3.03. The van der Waals surface area contributed by atoms with Gasteiger partial charge < -0.3 is 10.4 Å². The number of hydrogen-bond donors (Lipinski definition) is 2. The van der Waals surface area contributed by atoms with Gasteiger partial charge in [-0.25, -0.2) is 4.98 Å². The third-order valence-corrected chi connectivity index (χ3v) is 2.93. The number of aromatic hydroxyl groups is 1. The Morgan fingerprint density at radius 3 is 2.47 bits per heavy atom. The first-order chi connectivity index (χ1) is 8.97. The van der Waals surface area contributed by atoms with E-state index in [0.717, 1.165) is 11.3 Å². The summed E-state index contributed by atoms with van der Waals surface area (Å²) in [6.07, 6.45) is 0. The van der Waals surface area contributed by atoms with Crippen molar-refractivity contribution in [3.05, 3.63) is 52.3 Å². The predicted octanol–water partition coefficient (Wildman–Crippen LogP) is 3.31. The summed E-state index contributed by atoms with van der Waals surface area (Å²) in [5.74, 6) is -0.176. The minimum Gasteiger partial charge on any atom is -0.508 e. The van der Waals surface area contributed by atoms with Crippen LogP contribution < -0.4 is 5.32 Å². The van der Waals surface area contributed by atoms with Gasteiger partial charge in [0.1, 0.15) is 10.9 Å². The van der Waals surface area contributed by atoms with Crippen molar-refractivity contribution in [3.8, 4) is 5.75 Å². The summed E-state index contributed by atoms with van der Waals surface area (Å²) in [4.78, 5) is 16.2. The van der Waals surface area contributed by atoms with E-state index in [2.05, 4.69) is 10.3 Å². The molecule has 2 rings (SSSR count). The second kappa shape index (κ2) is 5.28. The number of nitrogens with zero attached hydrogens (tertiary/aromatic N) is 1. The zero-order chi connectivity index (χ0) is 14.0. The fraction of sp³-hybridized carbons (Fsp3) is 0.143. The molecular formula is C14H13ClN2O2.